The van der Waals surface area contributed by atoms with Crippen LogP contribution in [0.4, 0.5) is 4.39 Å². The van der Waals surface area contributed by atoms with E-state index >= 15 is 0 Å². The van der Waals surface area contributed by atoms with E-state index < -0.39 is 0 Å². The van der Waals surface area contributed by atoms with E-state index in [0.717, 1.165) is 5.39 Å². The molecule has 1 heterocycles. The Hall–Kier alpha value is -1.64. The van der Waals surface area contributed by atoms with Crippen LogP contribution in [-0.4, -0.2) is 10.1 Å². The smallest absolute Gasteiger partial charge is 0.134 e. The zero-order valence-corrected chi connectivity index (χ0v) is 6.16. The predicted octanol–water partition coefficient (Wildman–Crippen LogP) is 2.08. The van der Waals surface area contributed by atoms with Gasteiger partial charge in [0.25, 0.3) is 0 Å². The van der Waals surface area contributed by atoms with Crippen LogP contribution in [0.1, 0.15) is 0 Å². The molecule has 0 amide bonds. The molecule has 2 nitrogen and oxygen atoms in total. The second kappa shape index (κ2) is 2.44. The first kappa shape index (κ1) is 7.03. The summed E-state index contributed by atoms with van der Waals surface area (Å²) in [5.41, 5.74) is 0.549. The van der Waals surface area contributed by atoms with Crippen molar-refractivity contribution in [1.29, 1.82) is 0 Å². The highest BCUT2D eigenvalue weighted by atomic mass is 19.1. The molecule has 0 aliphatic heterocycles. The minimum absolute atomic E-state index is 0.0918. The second-order valence-electron chi connectivity index (χ2n) is 2.53. The van der Waals surface area contributed by atoms with E-state index in [1.165, 1.54) is 18.3 Å². The molecule has 0 aliphatic rings. The second-order valence-corrected chi connectivity index (χ2v) is 2.53. The van der Waals surface area contributed by atoms with E-state index in [-0.39, 0.29) is 11.6 Å². The zero-order valence-electron chi connectivity index (χ0n) is 6.16. The van der Waals surface area contributed by atoms with Gasteiger partial charge < -0.3 is 5.11 Å². The molecule has 0 bridgehead atoms. The van der Waals surface area contributed by atoms with Crippen molar-refractivity contribution in [3.63, 3.8) is 0 Å². The van der Waals surface area contributed by atoms with Crippen molar-refractivity contribution in [2.45, 2.75) is 0 Å². The van der Waals surface area contributed by atoms with Gasteiger partial charge in [-0.1, -0.05) is 0 Å². The third-order valence-corrected chi connectivity index (χ3v) is 1.63. The van der Waals surface area contributed by atoms with E-state index in [4.69, 9.17) is 5.11 Å². The molecular formula is C9H6FNO. The molecule has 0 radical (unpaired) electrons. The van der Waals surface area contributed by atoms with Gasteiger partial charge in [0.15, 0.2) is 0 Å². The van der Waals surface area contributed by atoms with E-state index in [9.17, 15) is 4.39 Å². The summed E-state index contributed by atoms with van der Waals surface area (Å²) in [6.07, 6.45) is 1.29. The first-order valence-corrected chi connectivity index (χ1v) is 3.50. The Balaban J connectivity index is 2.79. The Labute approximate surface area is 68.3 Å². The van der Waals surface area contributed by atoms with Gasteiger partial charge in [-0.15, -0.1) is 0 Å². The molecular weight excluding hydrogens is 157 g/mol. The SMILES string of the molecule is Oc1cnc2cc(F)ccc2c1. The molecule has 0 atom stereocenters. The average molecular weight is 163 g/mol. The van der Waals surface area contributed by atoms with Crippen LogP contribution in [0.25, 0.3) is 10.9 Å². The highest BCUT2D eigenvalue weighted by molar-refractivity contribution is 5.79. The number of fused-ring (bicyclic) bond motifs is 1. The monoisotopic (exact) mass is 163 g/mol. The molecule has 60 valence electrons. The number of nitrogens with zero attached hydrogens (tertiary/aromatic N) is 1. The quantitative estimate of drug-likeness (QED) is 0.645. The van der Waals surface area contributed by atoms with Crippen molar-refractivity contribution < 1.29 is 9.50 Å². The highest BCUT2D eigenvalue weighted by Crippen LogP contribution is 2.17. The number of rotatable bonds is 0. The highest BCUT2D eigenvalue weighted by Gasteiger charge is 1.97. The molecule has 1 aromatic carbocycles. The van der Waals surface area contributed by atoms with Gasteiger partial charge >= 0.3 is 0 Å². The van der Waals surface area contributed by atoms with Crippen molar-refractivity contribution in [1.82, 2.24) is 4.98 Å². The number of aromatic nitrogens is 1. The Kier molecular flexibility index (Phi) is 1.43. The van der Waals surface area contributed by atoms with Crippen molar-refractivity contribution in [2.24, 2.45) is 0 Å². The van der Waals surface area contributed by atoms with Gasteiger partial charge in [0.2, 0.25) is 0 Å². The lowest BCUT2D eigenvalue weighted by Crippen LogP contribution is -1.79. The van der Waals surface area contributed by atoms with Crippen LogP contribution in [0.15, 0.2) is 30.5 Å². The summed E-state index contributed by atoms with van der Waals surface area (Å²) in [5, 5.41) is 9.78. The number of hydrogen-bond donors (Lipinski definition) is 1. The topological polar surface area (TPSA) is 33.1 Å². The molecule has 2 aromatic rings. The summed E-state index contributed by atoms with van der Waals surface area (Å²) in [6.45, 7) is 0. The van der Waals surface area contributed by atoms with E-state index in [2.05, 4.69) is 4.98 Å². The fourth-order valence-corrected chi connectivity index (χ4v) is 1.08. The lowest BCUT2D eigenvalue weighted by molar-refractivity contribution is 0.474. The molecule has 0 fully saturated rings. The first-order chi connectivity index (χ1) is 5.75. The van der Waals surface area contributed by atoms with E-state index in [1.54, 1.807) is 12.1 Å². The minimum Gasteiger partial charge on any atom is -0.506 e. The van der Waals surface area contributed by atoms with Crippen molar-refractivity contribution in [3.8, 4) is 5.75 Å². The largest absolute Gasteiger partial charge is 0.506 e. The molecule has 2 rings (SSSR count). The van der Waals surface area contributed by atoms with Crippen molar-refractivity contribution in [3.05, 3.63) is 36.3 Å². The predicted molar refractivity (Wildman–Crippen MR) is 43.4 cm³/mol. The molecule has 1 N–H and O–H groups in total. The van der Waals surface area contributed by atoms with Crippen LogP contribution < -0.4 is 0 Å². The Morgan fingerprint density at radius 3 is 2.92 bits per heavy atom. The van der Waals surface area contributed by atoms with Crippen molar-refractivity contribution >= 4 is 10.9 Å². The number of hydrogen-bond acceptors (Lipinski definition) is 2. The van der Waals surface area contributed by atoms with Gasteiger partial charge in [-0.05, 0) is 18.2 Å². The Morgan fingerprint density at radius 2 is 2.08 bits per heavy atom. The fraction of sp³-hybridized carbons (Fsp3) is 0. The summed E-state index contributed by atoms with van der Waals surface area (Å²) >= 11 is 0. The molecule has 1 aromatic heterocycles. The fourth-order valence-electron chi connectivity index (χ4n) is 1.08. The van der Waals surface area contributed by atoms with Gasteiger partial charge in [-0.25, -0.2) is 4.39 Å². The number of benzene rings is 1. The summed E-state index contributed by atoms with van der Waals surface area (Å²) < 4.78 is 12.6. The van der Waals surface area contributed by atoms with Crippen LogP contribution in [0.3, 0.4) is 0 Å². The maximum Gasteiger partial charge on any atom is 0.134 e. The summed E-state index contributed by atoms with van der Waals surface area (Å²) in [7, 11) is 0. The minimum atomic E-state index is -0.319. The van der Waals surface area contributed by atoms with Crippen LogP contribution in [0, 0.1) is 5.82 Å². The van der Waals surface area contributed by atoms with E-state index in [1.807, 2.05) is 0 Å². The van der Waals surface area contributed by atoms with Crippen molar-refractivity contribution in [2.75, 3.05) is 0 Å². The third-order valence-electron chi connectivity index (χ3n) is 1.63. The number of pyridine rings is 1. The zero-order chi connectivity index (χ0) is 8.55. The molecule has 3 heteroatoms. The molecule has 0 spiro atoms. The Morgan fingerprint density at radius 1 is 1.25 bits per heavy atom. The van der Waals surface area contributed by atoms with Gasteiger partial charge in [-0.2, -0.15) is 0 Å². The summed E-state index contributed by atoms with van der Waals surface area (Å²) in [6, 6.07) is 5.79. The number of aromatic hydroxyl groups is 1. The average Bonchev–Trinajstić information content (AvgIpc) is 2.05. The maximum absolute atomic E-state index is 12.6. The summed E-state index contributed by atoms with van der Waals surface area (Å²) in [5.74, 6) is -0.227. The Bertz CT molecular complexity index is 387. The van der Waals surface area contributed by atoms with Gasteiger partial charge in [-0.3, -0.25) is 4.98 Å². The van der Waals surface area contributed by atoms with Crippen LogP contribution in [0.2, 0.25) is 0 Å². The molecule has 12 heavy (non-hydrogen) atoms. The third kappa shape index (κ3) is 1.09. The van der Waals surface area contributed by atoms with Crippen LogP contribution in [0.5, 0.6) is 5.75 Å². The van der Waals surface area contributed by atoms with Crippen LogP contribution >= 0.6 is 0 Å². The van der Waals surface area contributed by atoms with E-state index in [0.29, 0.717) is 5.52 Å². The molecule has 0 aliphatic carbocycles. The lowest BCUT2D eigenvalue weighted by atomic mass is 10.2. The molecule has 0 saturated carbocycles. The van der Waals surface area contributed by atoms with Gasteiger partial charge in [0.1, 0.15) is 11.6 Å². The normalized spacial score (nSPS) is 10.4. The first-order valence-electron chi connectivity index (χ1n) is 3.50. The molecule has 0 unspecified atom stereocenters. The maximum atomic E-state index is 12.6. The number of halogens is 1. The van der Waals surface area contributed by atoms with Gasteiger partial charge in [0, 0.05) is 11.5 Å². The van der Waals surface area contributed by atoms with Gasteiger partial charge in [0.05, 0.1) is 11.7 Å². The lowest BCUT2D eigenvalue weighted by Gasteiger charge is -1.96. The standard InChI is InChI=1S/C9H6FNO/c10-7-2-1-6-3-8(12)5-11-9(6)4-7/h1-5,12H. The molecule has 0 saturated heterocycles. The van der Waals surface area contributed by atoms with Crippen LogP contribution in [-0.2, 0) is 0 Å². The summed E-state index contributed by atoms with van der Waals surface area (Å²) in [4.78, 5) is 3.85.